The first-order valence-electron chi connectivity index (χ1n) is 6.47. The van der Waals surface area contributed by atoms with Gasteiger partial charge in [-0.1, -0.05) is 13.0 Å². The maximum Gasteiger partial charge on any atom is 0.0471 e. The van der Waals surface area contributed by atoms with Crippen LogP contribution in [-0.2, 0) is 11.2 Å². The number of aromatic nitrogens is 1. The predicted molar refractivity (Wildman–Crippen MR) is 69.0 cm³/mol. The van der Waals surface area contributed by atoms with E-state index in [9.17, 15) is 0 Å². The summed E-state index contributed by atoms with van der Waals surface area (Å²) >= 11 is 0. The van der Waals surface area contributed by atoms with Crippen molar-refractivity contribution in [3.8, 4) is 0 Å². The largest absolute Gasteiger partial charge is 0.381 e. The summed E-state index contributed by atoms with van der Waals surface area (Å²) in [4.78, 5) is 4.32. The van der Waals surface area contributed by atoms with Gasteiger partial charge in [-0.3, -0.25) is 4.98 Å². The third-order valence-corrected chi connectivity index (χ3v) is 3.54. The van der Waals surface area contributed by atoms with E-state index in [1.54, 1.807) is 0 Å². The quantitative estimate of drug-likeness (QED) is 0.792. The molecule has 0 aromatic carbocycles. The van der Waals surface area contributed by atoms with E-state index in [-0.39, 0.29) is 0 Å². The van der Waals surface area contributed by atoms with Crippen molar-refractivity contribution in [1.29, 1.82) is 0 Å². The monoisotopic (exact) mass is 234 g/mol. The van der Waals surface area contributed by atoms with Gasteiger partial charge in [0.25, 0.3) is 0 Å². The van der Waals surface area contributed by atoms with E-state index < -0.39 is 0 Å². The molecule has 1 fully saturated rings. The SMILES string of the molecule is CC1(CNCCc2ccccn2)CCOCC1. The van der Waals surface area contributed by atoms with Crippen LogP contribution in [0.25, 0.3) is 0 Å². The molecule has 0 saturated carbocycles. The number of nitrogens with one attached hydrogen (secondary N) is 1. The molecule has 0 radical (unpaired) electrons. The molecule has 17 heavy (non-hydrogen) atoms. The van der Waals surface area contributed by atoms with E-state index in [1.165, 1.54) is 12.8 Å². The van der Waals surface area contributed by atoms with E-state index in [1.807, 2.05) is 18.3 Å². The van der Waals surface area contributed by atoms with Crippen molar-refractivity contribution in [2.75, 3.05) is 26.3 Å². The average Bonchev–Trinajstić information content (AvgIpc) is 2.37. The van der Waals surface area contributed by atoms with Crippen molar-refractivity contribution in [3.05, 3.63) is 30.1 Å². The maximum atomic E-state index is 5.40. The highest BCUT2D eigenvalue weighted by molar-refractivity contribution is 5.03. The molecule has 1 aromatic heterocycles. The van der Waals surface area contributed by atoms with Crippen molar-refractivity contribution in [1.82, 2.24) is 10.3 Å². The molecule has 0 spiro atoms. The highest BCUT2D eigenvalue weighted by Crippen LogP contribution is 2.28. The summed E-state index contributed by atoms with van der Waals surface area (Å²) in [6, 6.07) is 6.08. The van der Waals surface area contributed by atoms with Gasteiger partial charge in [0.2, 0.25) is 0 Å². The minimum absolute atomic E-state index is 0.419. The molecule has 1 saturated heterocycles. The summed E-state index contributed by atoms with van der Waals surface area (Å²) in [5.41, 5.74) is 1.58. The van der Waals surface area contributed by atoms with Gasteiger partial charge in [0.15, 0.2) is 0 Å². The Morgan fingerprint density at radius 2 is 2.18 bits per heavy atom. The zero-order valence-electron chi connectivity index (χ0n) is 10.6. The lowest BCUT2D eigenvalue weighted by atomic mass is 9.82. The lowest BCUT2D eigenvalue weighted by Crippen LogP contribution is -2.37. The predicted octanol–water partition coefficient (Wildman–Crippen LogP) is 2.03. The summed E-state index contributed by atoms with van der Waals surface area (Å²) in [6.45, 7) is 6.27. The van der Waals surface area contributed by atoms with E-state index in [4.69, 9.17) is 4.74 Å². The van der Waals surface area contributed by atoms with Gasteiger partial charge in [0.05, 0.1) is 0 Å². The molecule has 3 heteroatoms. The van der Waals surface area contributed by atoms with Crippen molar-refractivity contribution in [2.24, 2.45) is 5.41 Å². The van der Waals surface area contributed by atoms with Crippen molar-refractivity contribution in [3.63, 3.8) is 0 Å². The third-order valence-electron chi connectivity index (χ3n) is 3.54. The van der Waals surface area contributed by atoms with E-state index >= 15 is 0 Å². The van der Waals surface area contributed by atoms with Gasteiger partial charge in [-0.05, 0) is 30.4 Å². The van der Waals surface area contributed by atoms with Gasteiger partial charge in [0, 0.05) is 44.6 Å². The molecule has 0 unspecified atom stereocenters. The first-order chi connectivity index (χ1) is 8.29. The Bertz CT molecular complexity index is 320. The minimum Gasteiger partial charge on any atom is -0.381 e. The van der Waals surface area contributed by atoms with Gasteiger partial charge in [0.1, 0.15) is 0 Å². The standard InChI is InChI=1S/C14H22N2O/c1-14(6-10-17-11-7-14)12-15-9-5-13-4-2-3-8-16-13/h2-4,8,15H,5-7,9-12H2,1H3. The third kappa shape index (κ3) is 4.10. The van der Waals surface area contributed by atoms with Crippen LogP contribution in [-0.4, -0.2) is 31.3 Å². The highest BCUT2D eigenvalue weighted by Gasteiger charge is 2.26. The van der Waals surface area contributed by atoms with Gasteiger partial charge in [-0.25, -0.2) is 0 Å². The molecule has 0 atom stereocenters. The second kappa shape index (κ2) is 6.12. The van der Waals surface area contributed by atoms with Crippen molar-refractivity contribution >= 4 is 0 Å². The zero-order chi connectivity index (χ0) is 12.0. The number of ether oxygens (including phenoxy) is 1. The molecular weight excluding hydrogens is 212 g/mol. The van der Waals surface area contributed by atoms with Crippen LogP contribution in [0.5, 0.6) is 0 Å². The molecule has 0 aliphatic carbocycles. The minimum atomic E-state index is 0.419. The van der Waals surface area contributed by atoms with Crippen LogP contribution in [0.4, 0.5) is 0 Å². The van der Waals surface area contributed by atoms with Gasteiger partial charge in [-0.15, -0.1) is 0 Å². The smallest absolute Gasteiger partial charge is 0.0471 e. The molecule has 1 aliphatic rings. The molecule has 94 valence electrons. The summed E-state index contributed by atoms with van der Waals surface area (Å²) < 4.78 is 5.40. The Kier molecular flexibility index (Phi) is 4.51. The lowest BCUT2D eigenvalue weighted by Gasteiger charge is -2.33. The maximum absolute atomic E-state index is 5.40. The van der Waals surface area contributed by atoms with Crippen molar-refractivity contribution in [2.45, 2.75) is 26.2 Å². The number of pyridine rings is 1. The first-order valence-corrected chi connectivity index (χ1v) is 6.47. The summed E-state index contributed by atoms with van der Waals surface area (Å²) in [6.07, 6.45) is 5.20. The Hall–Kier alpha value is -0.930. The van der Waals surface area contributed by atoms with E-state index in [0.29, 0.717) is 5.41 Å². The Morgan fingerprint density at radius 1 is 1.35 bits per heavy atom. The van der Waals surface area contributed by atoms with Crippen LogP contribution < -0.4 is 5.32 Å². The first kappa shape index (κ1) is 12.5. The van der Waals surface area contributed by atoms with Crippen LogP contribution in [0.1, 0.15) is 25.5 Å². The highest BCUT2D eigenvalue weighted by atomic mass is 16.5. The van der Waals surface area contributed by atoms with Crippen LogP contribution in [0, 0.1) is 5.41 Å². The molecule has 2 heterocycles. The fourth-order valence-electron chi connectivity index (χ4n) is 2.19. The lowest BCUT2D eigenvalue weighted by molar-refractivity contribution is 0.0242. The Morgan fingerprint density at radius 3 is 2.88 bits per heavy atom. The molecule has 1 aliphatic heterocycles. The van der Waals surface area contributed by atoms with Crippen LogP contribution in [0.3, 0.4) is 0 Å². The number of hydrogen-bond donors (Lipinski definition) is 1. The number of rotatable bonds is 5. The summed E-state index contributed by atoms with van der Waals surface area (Å²) in [5, 5.41) is 3.55. The normalized spacial score (nSPS) is 19.1. The van der Waals surface area contributed by atoms with Crippen LogP contribution in [0.15, 0.2) is 24.4 Å². The molecule has 1 aromatic rings. The topological polar surface area (TPSA) is 34.2 Å². The van der Waals surface area contributed by atoms with Crippen LogP contribution >= 0.6 is 0 Å². The molecule has 1 N–H and O–H groups in total. The van der Waals surface area contributed by atoms with E-state index in [0.717, 1.165) is 38.4 Å². The van der Waals surface area contributed by atoms with Gasteiger partial charge >= 0.3 is 0 Å². The second-order valence-electron chi connectivity index (χ2n) is 5.17. The molecular formula is C14H22N2O. The van der Waals surface area contributed by atoms with E-state index in [2.05, 4.69) is 23.3 Å². The molecule has 0 bridgehead atoms. The fourth-order valence-corrected chi connectivity index (χ4v) is 2.19. The van der Waals surface area contributed by atoms with Gasteiger partial charge < -0.3 is 10.1 Å². The Balaban J connectivity index is 1.66. The Labute approximate surface area is 104 Å². The average molecular weight is 234 g/mol. The number of nitrogens with zero attached hydrogens (tertiary/aromatic N) is 1. The second-order valence-corrected chi connectivity index (χ2v) is 5.17. The fraction of sp³-hybridized carbons (Fsp3) is 0.643. The molecule has 3 nitrogen and oxygen atoms in total. The molecule has 0 amide bonds. The summed E-state index contributed by atoms with van der Waals surface area (Å²) in [7, 11) is 0. The van der Waals surface area contributed by atoms with Gasteiger partial charge in [-0.2, -0.15) is 0 Å². The summed E-state index contributed by atoms with van der Waals surface area (Å²) in [5.74, 6) is 0. The van der Waals surface area contributed by atoms with Crippen molar-refractivity contribution < 1.29 is 4.74 Å². The van der Waals surface area contributed by atoms with Crippen LogP contribution in [0.2, 0.25) is 0 Å². The number of hydrogen-bond acceptors (Lipinski definition) is 3. The zero-order valence-corrected chi connectivity index (χ0v) is 10.6. The molecule has 2 rings (SSSR count).